The first-order chi connectivity index (χ1) is 17.9. The van der Waals surface area contributed by atoms with Crippen LogP contribution in [0.25, 0.3) is 0 Å². The van der Waals surface area contributed by atoms with Crippen LogP contribution in [-0.4, -0.2) is 25.1 Å². The van der Waals surface area contributed by atoms with E-state index in [0.717, 1.165) is 18.8 Å². The Morgan fingerprint density at radius 1 is 1.00 bits per heavy atom. The summed E-state index contributed by atoms with van der Waals surface area (Å²) < 4.78 is 53.2. The van der Waals surface area contributed by atoms with Crippen molar-refractivity contribution in [3.8, 4) is 5.75 Å². The predicted octanol–water partition coefficient (Wildman–Crippen LogP) is 8.46. The molecule has 2 atom stereocenters. The summed E-state index contributed by atoms with van der Waals surface area (Å²) in [5.74, 6) is -0.0561. The average molecular weight is 517 g/mol. The highest BCUT2D eigenvalue weighted by Gasteiger charge is 2.32. The second-order valence-corrected chi connectivity index (χ2v) is 10.6. The van der Waals surface area contributed by atoms with Gasteiger partial charge in [-0.1, -0.05) is 56.9 Å². The number of benzene rings is 2. The van der Waals surface area contributed by atoms with Crippen molar-refractivity contribution in [2.24, 2.45) is 11.8 Å². The first-order valence-electron chi connectivity index (χ1n) is 13.9. The molecule has 6 heteroatoms. The van der Waals surface area contributed by atoms with Crippen LogP contribution in [0.1, 0.15) is 105 Å². The smallest absolute Gasteiger partial charge is 0.267 e. The average Bonchev–Trinajstić information content (AvgIpc) is 2.91. The number of halogens is 3. The summed E-state index contributed by atoms with van der Waals surface area (Å²) in [7, 11) is 0. The molecule has 2 aliphatic rings. The van der Waals surface area contributed by atoms with Crippen molar-refractivity contribution in [2.45, 2.75) is 90.1 Å². The van der Waals surface area contributed by atoms with Gasteiger partial charge in [0, 0.05) is 17.9 Å². The minimum atomic E-state index is -3.11. The van der Waals surface area contributed by atoms with E-state index in [0.29, 0.717) is 30.1 Å². The zero-order chi connectivity index (χ0) is 26.4. The number of alkyl halides is 2. The molecule has 0 aromatic heterocycles. The summed E-state index contributed by atoms with van der Waals surface area (Å²) in [6, 6.07) is 10.2. The molecular formula is C31H39F3O3. The van der Waals surface area contributed by atoms with Crippen LogP contribution in [-0.2, 0) is 11.2 Å². The summed E-state index contributed by atoms with van der Waals surface area (Å²) >= 11 is 0. The van der Waals surface area contributed by atoms with Crippen LogP contribution >= 0.6 is 0 Å². The molecule has 1 saturated carbocycles. The van der Waals surface area contributed by atoms with Crippen molar-refractivity contribution in [3.63, 3.8) is 0 Å². The van der Waals surface area contributed by atoms with Crippen LogP contribution in [0.4, 0.5) is 13.2 Å². The highest BCUT2D eigenvalue weighted by atomic mass is 19.3. The molecule has 4 rings (SSSR count). The Morgan fingerprint density at radius 2 is 1.73 bits per heavy atom. The van der Waals surface area contributed by atoms with Gasteiger partial charge in [-0.2, -0.15) is 0 Å². The van der Waals surface area contributed by atoms with Gasteiger partial charge in [0.1, 0.15) is 0 Å². The van der Waals surface area contributed by atoms with Crippen LogP contribution in [0.5, 0.6) is 5.75 Å². The van der Waals surface area contributed by atoms with Crippen molar-refractivity contribution in [2.75, 3.05) is 13.2 Å². The minimum absolute atomic E-state index is 0.0721. The van der Waals surface area contributed by atoms with E-state index in [4.69, 9.17) is 9.47 Å². The van der Waals surface area contributed by atoms with Crippen molar-refractivity contribution in [3.05, 3.63) is 64.5 Å². The van der Waals surface area contributed by atoms with Gasteiger partial charge in [0.15, 0.2) is 17.3 Å². The molecule has 1 saturated heterocycles. The lowest BCUT2D eigenvalue weighted by atomic mass is 9.75. The van der Waals surface area contributed by atoms with Gasteiger partial charge in [-0.15, -0.1) is 0 Å². The van der Waals surface area contributed by atoms with Crippen LogP contribution in [0, 0.1) is 17.7 Å². The Morgan fingerprint density at radius 3 is 2.32 bits per heavy atom. The van der Waals surface area contributed by atoms with Gasteiger partial charge in [0.05, 0.1) is 24.9 Å². The SMILES string of the molecule is CCCC1CCC(C2CCC(c3ccc(CC(=O)c4ccc(OCC)c(F)c4C(F)F)cc3)CO2)CC1. The first-order valence-corrected chi connectivity index (χ1v) is 13.9. The minimum Gasteiger partial charge on any atom is -0.491 e. The van der Waals surface area contributed by atoms with Crippen LogP contribution < -0.4 is 4.74 Å². The van der Waals surface area contributed by atoms with Gasteiger partial charge in [0.2, 0.25) is 0 Å². The zero-order valence-corrected chi connectivity index (χ0v) is 22.0. The summed E-state index contributed by atoms with van der Waals surface area (Å²) in [6.45, 7) is 4.77. The Kier molecular flexibility index (Phi) is 9.69. The number of Topliss-reactive ketones (excluding diaryl/α,β-unsaturated/α-hetero) is 1. The molecule has 2 aromatic rings. The van der Waals surface area contributed by atoms with E-state index in [2.05, 4.69) is 6.92 Å². The normalized spacial score (nSPS) is 24.3. The molecule has 2 fully saturated rings. The van der Waals surface area contributed by atoms with Crippen molar-refractivity contribution in [1.29, 1.82) is 0 Å². The largest absolute Gasteiger partial charge is 0.491 e. The third kappa shape index (κ3) is 6.76. The van der Waals surface area contributed by atoms with E-state index in [9.17, 15) is 18.0 Å². The third-order valence-electron chi connectivity index (χ3n) is 8.20. The molecular weight excluding hydrogens is 477 g/mol. The molecule has 0 amide bonds. The van der Waals surface area contributed by atoms with Gasteiger partial charge >= 0.3 is 0 Å². The van der Waals surface area contributed by atoms with Crippen molar-refractivity contribution >= 4 is 5.78 Å². The molecule has 0 spiro atoms. The molecule has 2 aromatic carbocycles. The highest BCUT2D eigenvalue weighted by molar-refractivity contribution is 5.99. The quantitative estimate of drug-likeness (QED) is 0.297. The molecule has 1 heterocycles. The second-order valence-electron chi connectivity index (χ2n) is 10.6. The molecule has 0 radical (unpaired) electrons. The summed E-state index contributed by atoms with van der Waals surface area (Å²) in [5, 5.41) is 0. The molecule has 0 bridgehead atoms. The second kappa shape index (κ2) is 12.9. The molecule has 2 unspecified atom stereocenters. The van der Waals surface area contributed by atoms with E-state index in [1.165, 1.54) is 56.2 Å². The number of ketones is 1. The number of hydrogen-bond donors (Lipinski definition) is 0. The van der Waals surface area contributed by atoms with Crippen molar-refractivity contribution < 1.29 is 27.4 Å². The lowest BCUT2D eigenvalue weighted by Gasteiger charge is -2.38. The number of rotatable bonds is 10. The summed E-state index contributed by atoms with van der Waals surface area (Å²) in [4.78, 5) is 12.8. The third-order valence-corrected chi connectivity index (χ3v) is 8.20. The maximum Gasteiger partial charge on any atom is 0.267 e. The Balaban J connectivity index is 1.33. The van der Waals surface area contributed by atoms with Gasteiger partial charge in [0.25, 0.3) is 6.43 Å². The van der Waals surface area contributed by atoms with E-state index < -0.39 is 23.6 Å². The molecule has 1 aliphatic carbocycles. The fourth-order valence-corrected chi connectivity index (χ4v) is 6.15. The van der Waals surface area contributed by atoms with Crippen LogP contribution in [0.2, 0.25) is 0 Å². The molecule has 202 valence electrons. The standard InChI is InChI=1S/C31H39F3O3/c1-3-5-20-6-12-23(13-7-20)27-16-14-24(19-37-27)22-10-8-21(9-11-22)18-26(35)25-15-17-28(36-4-2)30(32)29(25)31(33)34/h8-11,15,17,20,23-24,27,31H,3-7,12-14,16,18-19H2,1-2H3. The number of carbonyl (C=O) groups excluding carboxylic acids is 1. The van der Waals surface area contributed by atoms with Gasteiger partial charge in [-0.25, -0.2) is 13.2 Å². The maximum absolute atomic E-state index is 14.6. The molecule has 0 N–H and O–H groups in total. The number of ether oxygens (including phenoxy) is 2. The molecule has 37 heavy (non-hydrogen) atoms. The monoisotopic (exact) mass is 516 g/mol. The highest BCUT2D eigenvalue weighted by Crippen LogP contribution is 2.39. The van der Waals surface area contributed by atoms with Gasteiger partial charge in [-0.3, -0.25) is 4.79 Å². The fourth-order valence-electron chi connectivity index (χ4n) is 6.15. The Hall–Kier alpha value is -2.34. The summed E-state index contributed by atoms with van der Waals surface area (Å²) in [5.41, 5.74) is 0.694. The Bertz CT molecular complexity index is 1020. The van der Waals surface area contributed by atoms with Gasteiger partial charge in [-0.05, 0) is 67.7 Å². The topological polar surface area (TPSA) is 35.5 Å². The molecule has 3 nitrogen and oxygen atoms in total. The zero-order valence-electron chi connectivity index (χ0n) is 22.0. The first kappa shape index (κ1) is 27.7. The lowest BCUT2D eigenvalue weighted by Crippen LogP contribution is -2.33. The van der Waals surface area contributed by atoms with Crippen LogP contribution in [0.3, 0.4) is 0 Å². The molecule has 1 aliphatic heterocycles. The van der Waals surface area contributed by atoms with E-state index in [1.54, 1.807) is 6.92 Å². The van der Waals surface area contributed by atoms with E-state index in [1.807, 2.05) is 24.3 Å². The number of carbonyl (C=O) groups is 1. The fraction of sp³-hybridized carbons (Fsp3) is 0.581. The van der Waals surface area contributed by atoms with Crippen molar-refractivity contribution in [1.82, 2.24) is 0 Å². The van der Waals surface area contributed by atoms with E-state index in [-0.39, 0.29) is 24.3 Å². The van der Waals surface area contributed by atoms with Crippen LogP contribution in [0.15, 0.2) is 36.4 Å². The maximum atomic E-state index is 14.6. The number of hydrogen-bond acceptors (Lipinski definition) is 3. The lowest BCUT2D eigenvalue weighted by molar-refractivity contribution is -0.0435. The van der Waals surface area contributed by atoms with Gasteiger partial charge < -0.3 is 9.47 Å². The Labute approximate surface area is 218 Å². The predicted molar refractivity (Wildman–Crippen MR) is 139 cm³/mol. The summed E-state index contributed by atoms with van der Waals surface area (Å²) in [6.07, 6.45) is 7.23. The van der Waals surface area contributed by atoms with E-state index >= 15 is 0 Å².